The third kappa shape index (κ3) is 4.31. The molecule has 0 atom stereocenters. The van der Waals surface area contributed by atoms with E-state index in [-0.39, 0.29) is 0 Å². The van der Waals surface area contributed by atoms with Gasteiger partial charge in [-0.25, -0.2) is 0 Å². The maximum Gasteiger partial charge on any atom is 0.119 e. The first kappa shape index (κ1) is 15.5. The average Bonchev–Trinajstić information content (AvgIpc) is 2.67. The highest BCUT2D eigenvalue weighted by Crippen LogP contribution is 2.15. The molecule has 1 heterocycles. The fourth-order valence-corrected chi connectivity index (χ4v) is 2.17. The normalized spacial score (nSPS) is 10.5. The molecule has 0 saturated heterocycles. The Morgan fingerprint density at radius 3 is 2.38 bits per heavy atom. The van der Waals surface area contributed by atoms with Crippen molar-refractivity contribution in [1.82, 2.24) is 4.98 Å². The van der Waals surface area contributed by atoms with E-state index in [0.29, 0.717) is 12.2 Å². The zero-order chi connectivity index (χ0) is 16.6. The second-order valence-electron chi connectivity index (χ2n) is 5.25. The van der Waals surface area contributed by atoms with Crippen LogP contribution in [0.2, 0.25) is 0 Å². The van der Waals surface area contributed by atoms with E-state index in [2.05, 4.69) is 23.2 Å². The van der Waals surface area contributed by atoms with E-state index >= 15 is 0 Å². The number of aromatic nitrogens is 1. The Labute approximate surface area is 141 Å². The van der Waals surface area contributed by atoms with Crippen LogP contribution >= 0.6 is 0 Å². The third-order valence-corrected chi connectivity index (χ3v) is 3.50. The standard InChI is InChI=1S/C21H16N2O/c22-15-18-9-12-21(13-10-18)24-16-19-6-4-17(5-7-19)8-11-20-3-1-2-14-23-20/h1-14H,16H2/b11-8+. The summed E-state index contributed by atoms with van der Waals surface area (Å²) in [4.78, 5) is 4.26. The molecule has 1 aromatic heterocycles. The molecular formula is C21H16N2O. The van der Waals surface area contributed by atoms with Crippen LogP contribution < -0.4 is 4.74 Å². The van der Waals surface area contributed by atoms with Crippen molar-refractivity contribution in [3.8, 4) is 11.8 Å². The summed E-state index contributed by atoms with van der Waals surface area (Å²) in [6.07, 6.45) is 5.80. The van der Waals surface area contributed by atoms with E-state index in [9.17, 15) is 0 Å². The maximum absolute atomic E-state index is 8.78. The molecular weight excluding hydrogens is 296 g/mol. The van der Waals surface area contributed by atoms with Crippen molar-refractivity contribution in [2.45, 2.75) is 6.61 Å². The average molecular weight is 312 g/mol. The minimum Gasteiger partial charge on any atom is -0.489 e. The smallest absolute Gasteiger partial charge is 0.119 e. The van der Waals surface area contributed by atoms with Gasteiger partial charge >= 0.3 is 0 Å². The Morgan fingerprint density at radius 2 is 1.71 bits per heavy atom. The van der Waals surface area contributed by atoms with Gasteiger partial charge in [0.15, 0.2) is 0 Å². The molecule has 0 aliphatic heterocycles. The molecule has 0 bridgehead atoms. The van der Waals surface area contributed by atoms with Crippen LogP contribution in [-0.4, -0.2) is 4.98 Å². The van der Waals surface area contributed by atoms with Gasteiger partial charge < -0.3 is 4.74 Å². The molecule has 0 saturated carbocycles. The number of nitrogens with zero attached hydrogens (tertiary/aromatic N) is 2. The Hall–Kier alpha value is -3.38. The van der Waals surface area contributed by atoms with Gasteiger partial charge in [0.25, 0.3) is 0 Å². The maximum atomic E-state index is 8.78. The van der Waals surface area contributed by atoms with Gasteiger partial charge in [-0.2, -0.15) is 5.26 Å². The number of rotatable bonds is 5. The summed E-state index contributed by atoms with van der Waals surface area (Å²) in [7, 11) is 0. The van der Waals surface area contributed by atoms with Crippen LogP contribution in [-0.2, 0) is 6.61 Å². The molecule has 116 valence electrons. The van der Waals surface area contributed by atoms with Gasteiger partial charge in [-0.1, -0.05) is 36.4 Å². The molecule has 24 heavy (non-hydrogen) atoms. The Morgan fingerprint density at radius 1 is 0.917 bits per heavy atom. The quantitative estimate of drug-likeness (QED) is 0.686. The Bertz CT molecular complexity index is 845. The molecule has 0 aliphatic carbocycles. The molecule has 0 radical (unpaired) electrons. The van der Waals surface area contributed by atoms with Crippen LogP contribution in [0.3, 0.4) is 0 Å². The van der Waals surface area contributed by atoms with Crippen molar-refractivity contribution >= 4 is 12.2 Å². The van der Waals surface area contributed by atoms with Gasteiger partial charge in [0, 0.05) is 6.20 Å². The molecule has 0 spiro atoms. The van der Waals surface area contributed by atoms with Gasteiger partial charge in [-0.3, -0.25) is 4.98 Å². The summed E-state index contributed by atoms with van der Waals surface area (Å²) in [5.74, 6) is 0.758. The SMILES string of the molecule is N#Cc1ccc(OCc2ccc(/C=C/c3ccccn3)cc2)cc1. The largest absolute Gasteiger partial charge is 0.489 e. The number of hydrogen-bond acceptors (Lipinski definition) is 3. The fourth-order valence-electron chi connectivity index (χ4n) is 2.17. The van der Waals surface area contributed by atoms with Gasteiger partial charge in [0.1, 0.15) is 12.4 Å². The zero-order valence-electron chi connectivity index (χ0n) is 13.1. The van der Waals surface area contributed by atoms with Crippen molar-refractivity contribution < 1.29 is 4.74 Å². The Kier molecular flexibility index (Phi) is 5.01. The summed E-state index contributed by atoms with van der Waals surface area (Å²) in [5, 5.41) is 8.78. The van der Waals surface area contributed by atoms with E-state index in [1.807, 2.05) is 54.6 Å². The number of hydrogen-bond donors (Lipinski definition) is 0. The van der Waals surface area contributed by atoms with Crippen molar-refractivity contribution in [1.29, 1.82) is 5.26 Å². The number of pyridine rings is 1. The van der Waals surface area contributed by atoms with Crippen molar-refractivity contribution in [2.24, 2.45) is 0 Å². The fraction of sp³-hybridized carbons (Fsp3) is 0.0476. The number of ether oxygens (including phenoxy) is 1. The van der Waals surface area contributed by atoms with E-state index < -0.39 is 0 Å². The highest BCUT2D eigenvalue weighted by molar-refractivity contribution is 5.67. The van der Waals surface area contributed by atoms with Crippen molar-refractivity contribution in [3.05, 3.63) is 95.3 Å². The summed E-state index contributed by atoms with van der Waals surface area (Å²) >= 11 is 0. The van der Waals surface area contributed by atoms with E-state index in [1.165, 1.54) is 0 Å². The van der Waals surface area contributed by atoms with Crippen LogP contribution in [0.4, 0.5) is 0 Å². The summed E-state index contributed by atoms with van der Waals surface area (Å²) in [5.41, 5.74) is 3.77. The van der Waals surface area contributed by atoms with Gasteiger partial charge in [0.05, 0.1) is 17.3 Å². The van der Waals surface area contributed by atoms with Crippen LogP contribution in [0, 0.1) is 11.3 Å². The topological polar surface area (TPSA) is 45.9 Å². The summed E-state index contributed by atoms with van der Waals surface area (Å²) < 4.78 is 5.72. The summed E-state index contributed by atoms with van der Waals surface area (Å²) in [6.45, 7) is 0.496. The van der Waals surface area contributed by atoms with Crippen LogP contribution in [0.5, 0.6) is 5.75 Å². The zero-order valence-corrected chi connectivity index (χ0v) is 13.1. The first-order valence-corrected chi connectivity index (χ1v) is 7.64. The number of benzene rings is 2. The molecule has 3 heteroatoms. The third-order valence-electron chi connectivity index (χ3n) is 3.50. The minimum absolute atomic E-state index is 0.496. The second-order valence-corrected chi connectivity index (χ2v) is 5.25. The molecule has 0 unspecified atom stereocenters. The molecule has 2 aromatic carbocycles. The highest BCUT2D eigenvalue weighted by atomic mass is 16.5. The van der Waals surface area contributed by atoms with E-state index in [4.69, 9.17) is 10.00 Å². The first-order valence-electron chi connectivity index (χ1n) is 7.64. The van der Waals surface area contributed by atoms with Gasteiger partial charge in [-0.15, -0.1) is 0 Å². The lowest BCUT2D eigenvalue weighted by Crippen LogP contribution is -1.95. The lowest BCUT2D eigenvalue weighted by molar-refractivity contribution is 0.306. The van der Waals surface area contributed by atoms with Gasteiger partial charge in [0.2, 0.25) is 0 Å². The molecule has 0 fully saturated rings. The molecule has 3 nitrogen and oxygen atoms in total. The summed E-state index contributed by atoms with van der Waals surface area (Å²) in [6, 6.07) is 23.2. The number of nitriles is 1. The lowest BCUT2D eigenvalue weighted by Gasteiger charge is -2.06. The van der Waals surface area contributed by atoms with Crippen molar-refractivity contribution in [3.63, 3.8) is 0 Å². The molecule has 3 rings (SSSR count). The second kappa shape index (κ2) is 7.75. The predicted molar refractivity (Wildman–Crippen MR) is 95.1 cm³/mol. The highest BCUT2D eigenvalue weighted by Gasteiger charge is 1.97. The minimum atomic E-state index is 0.496. The van der Waals surface area contributed by atoms with E-state index in [0.717, 1.165) is 22.6 Å². The predicted octanol–water partition coefficient (Wildman–Crippen LogP) is 4.70. The van der Waals surface area contributed by atoms with Crippen LogP contribution in [0.25, 0.3) is 12.2 Å². The first-order chi connectivity index (χ1) is 11.8. The molecule has 0 N–H and O–H groups in total. The van der Waals surface area contributed by atoms with Crippen LogP contribution in [0.15, 0.2) is 72.9 Å². The molecule has 0 aliphatic rings. The molecule has 3 aromatic rings. The lowest BCUT2D eigenvalue weighted by atomic mass is 10.1. The van der Waals surface area contributed by atoms with Gasteiger partial charge in [-0.05, 0) is 53.6 Å². The Balaban J connectivity index is 1.58. The van der Waals surface area contributed by atoms with Crippen LogP contribution in [0.1, 0.15) is 22.4 Å². The van der Waals surface area contributed by atoms with E-state index in [1.54, 1.807) is 18.3 Å². The molecule has 0 amide bonds. The van der Waals surface area contributed by atoms with Crippen molar-refractivity contribution in [2.75, 3.05) is 0 Å². The monoisotopic (exact) mass is 312 g/mol.